The lowest BCUT2D eigenvalue weighted by Gasteiger charge is -2.35. The molecule has 0 spiro atoms. The quantitative estimate of drug-likeness (QED) is 0.724. The Balaban J connectivity index is 1.69. The smallest absolute Gasteiger partial charge is 0.234 e. The maximum atomic E-state index is 12.1. The minimum Gasteiger partial charge on any atom is -0.376 e. The molecule has 0 aliphatic carbocycles. The molecular formula is C15H29N3O2. The fourth-order valence-corrected chi connectivity index (χ4v) is 3.18. The molecular weight excluding hydrogens is 254 g/mol. The Labute approximate surface area is 122 Å². The molecule has 20 heavy (non-hydrogen) atoms. The zero-order valence-corrected chi connectivity index (χ0v) is 12.7. The molecule has 0 saturated carbocycles. The first-order chi connectivity index (χ1) is 9.79. The van der Waals surface area contributed by atoms with Crippen molar-refractivity contribution in [3.8, 4) is 0 Å². The molecule has 0 aromatic carbocycles. The van der Waals surface area contributed by atoms with Crippen molar-refractivity contribution in [3.63, 3.8) is 0 Å². The van der Waals surface area contributed by atoms with Crippen molar-refractivity contribution in [2.45, 2.75) is 50.7 Å². The molecule has 2 heterocycles. The molecule has 0 radical (unpaired) electrons. The van der Waals surface area contributed by atoms with E-state index in [9.17, 15) is 4.79 Å². The number of carbonyl (C=O) groups is 1. The molecule has 2 rings (SSSR count). The molecule has 0 aromatic heterocycles. The van der Waals surface area contributed by atoms with Crippen LogP contribution in [0.2, 0.25) is 0 Å². The third kappa shape index (κ3) is 5.04. The minimum atomic E-state index is 0.150. The van der Waals surface area contributed by atoms with Crippen LogP contribution in [-0.2, 0) is 9.53 Å². The second-order valence-electron chi connectivity index (χ2n) is 5.95. The Hall–Kier alpha value is -0.650. The molecule has 2 fully saturated rings. The van der Waals surface area contributed by atoms with E-state index in [0.29, 0.717) is 19.1 Å². The first-order valence-corrected chi connectivity index (χ1v) is 8.06. The SMILES string of the molecule is CNCCC1CCCCN1CC(=O)NCC1CCCO1. The van der Waals surface area contributed by atoms with Crippen LogP contribution < -0.4 is 10.6 Å². The molecule has 2 atom stereocenters. The van der Waals surface area contributed by atoms with Crippen LogP contribution in [0.25, 0.3) is 0 Å². The molecule has 5 heteroatoms. The average Bonchev–Trinajstić information content (AvgIpc) is 2.97. The van der Waals surface area contributed by atoms with Crippen LogP contribution in [0.3, 0.4) is 0 Å². The number of piperidine rings is 1. The van der Waals surface area contributed by atoms with Gasteiger partial charge in [-0.2, -0.15) is 0 Å². The largest absolute Gasteiger partial charge is 0.376 e. The van der Waals surface area contributed by atoms with Gasteiger partial charge in [0.25, 0.3) is 0 Å². The summed E-state index contributed by atoms with van der Waals surface area (Å²) in [5.74, 6) is 0.150. The monoisotopic (exact) mass is 283 g/mol. The van der Waals surface area contributed by atoms with Crippen molar-refractivity contribution in [2.24, 2.45) is 0 Å². The molecule has 2 aliphatic rings. The van der Waals surface area contributed by atoms with Crippen molar-refractivity contribution in [1.29, 1.82) is 0 Å². The van der Waals surface area contributed by atoms with Gasteiger partial charge in [0.2, 0.25) is 5.91 Å². The molecule has 1 amide bonds. The van der Waals surface area contributed by atoms with Gasteiger partial charge in [-0.15, -0.1) is 0 Å². The summed E-state index contributed by atoms with van der Waals surface area (Å²) in [4.78, 5) is 14.4. The second-order valence-corrected chi connectivity index (χ2v) is 5.95. The lowest BCUT2D eigenvalue weighted by Crippen LogP contribution is -2.47. The zero-order valence-electron chi connectivity index (χ0n) is 12.7. The highest BCUT2D eigenvalue weighted by Gasteiger charge is 2.24. The predicted octanol–water partition coefficient (Wildman–Crippen LogP) is 0.746. The average molecular weight is 283 g/mol. The van der Waals surface area contributed by atoms with E-state index in [-0.39, 0.29) is 12.0 Å². The van der Waals surface area contributed by atoms with Crippen LogP contribution in [0, 0.1) is 0 Å². The van der Waals surface area contributed by atoms with Crippen LogP contribution in [0.4, 0.5) is 0 Å². The van der Waals surface area contributed by atoms with Crippen LogP contribution in [-0.4, -0.2) is 62.8 Å². The zero-order chi connectivity index (χ0) is 14.2. The highest BCUT2D eigenvalue weighted by molar-refractivity contribution is 5.78. The fourth-order valence-electron chi connectivity index (χ4n) is 3.18. The van der Waals surface area contributed by atoms with Crippen LogP contribution in [0.5, 0.6) is 0 Å². The van der Waals surface area contributed by atoms with Gasteiger partial charge in [0.15, 0.2) is 0 Å². The molecule has 116 valence electrons. The van der Waals surface area contributed by atoms with Crippen molar-refractivity contribution >= 4 is 5.91 Å². The van der Waals surface area contributed by atoms with E-state index >= 15 is 0 Å². The van der Waals surface area contributed by atoms with E-state index in [2.05, 4.69) is 15.5 Å². The number of hydrogen-bond acceptors (Lipinski definition) is 4. The number of rotatable bonds is 7. The summed E-state index contributed by atoms with van der Waals surface area (Å²) < 4.78 is 5.53. The molecule has 2 unspecified atom stereocenters. The van der Waals surface area contributed by atoms with Gasteiger partial charge in [0, 0.05) is 19.2 Å². The van der Waals surface area contributed by atoms with Crippen molar-refractivity contribution < 1.29 is 9.53 Å². The second kappa shape index (κ2) is 8.60. The summed E-state index contributed by atoms with van der Waals surface area (Å²) in [6.07, 6.45) is 7.31. The Kier molecular flexibility index (Phi) is 6.76. The topological polar surface area (TPSA) is 53.6 Å². The third-order valence-electron chi connectivity index (χ3n) is 4.37. The van der Waals surface area contributed by atoms with Crippen molar-refractivity contribution in [1.82, 2.24) is 15.5 Å². The number of hydrogen-bond donors (Lipinski definition) is 2. The third-order valence-corrected chi connectivity index (χ3v) is 4.37. The summed E-state index contributed by atoms with van der Waals surface area (Å²) >= 11 is 0. The lowest BCUT2D eigenvalue weighted by molar-refractivity contribution is -0.123. The molecule has 0 bridgehead atoms. The van der Waals surface area contributed by atoms with Gasteiger partial charge >= 0.3 is 0 Å². The molecule has 2 saturated heterocycles. The standard InChI is InChI=1S/C15H29N3O2/c1-16-8-7-13-5-2-3-9-18(13)12-15(19)17-11-14-6-4-10-20-14/h13-14,16H,2-12H2,1H3,(H,17,19). The number of carbonyl (C=O) groups excluding carboxylic acids is 1. The van der Waals surface area contributed by atoms with Gasteiger partial charge < -0.3 is 15.4 Å². The summed E-state index contributed by atoms with van der Waals surface area (Å²) in [5.41, 5.74) is 0. The summed E-state index contributed by atoms with van der Waals surface area (Å²) in [7, 11) is 1.99. The highest BCUT2D eigenvalue weighted by atomic mass is 16.5. The van der Waals surface area contributed by atoms with E-state index in [1.165, 1.54) is 19.3 Å². The van der Waals surface area contributed by atoms with Gasteiger partial charge in [-0.1, -0.05) is 6.42 Å². The predicted molar refractivity (Wildman–Crippen MR) is 79.7 cm³/mol. The van der Waals surface area contributed by atoms with Gasteiger partial charge in [-0.05, 0) is 52.2 Å². The van der Waals surface area contributed by atoms with Crippen molar-refractivity contribution in [3.05, 3.63) is 0 Å². The minimum absolute atomic E-state index is 0.150. The highest BCUT2D eigenvalue weighted by Crippen LogP contribution is 2.19. The number of ether oxygens (including phenoxy) is 1. The van der Waals surface area contributed by atoms with Crippen LogP contribution in [0.15, 0.2) is 0 Å². The number of likely N-dealkylation sites (tertiary alicyclic amines) is 1. The maximum Gasteiger partial charge on any atom is 0.234 e. The van der Waals surface area contributed by atoms with Crippen molar-refractivity contribution in [2.75, 3.05) is 39.8 Å². The first kappa shape index (κ1) is 15.7. The summed E-state index contributed by atoms with van der Waals surface area (Å²) in [5, 5.41) is 6.23. The fraction of sp³-hybridized carbons (Fsp3) is 0.933. The normalized spacial score (nSPS) is 27.6. The molecule has 2 aliphatic heterocycles. The van der Waals surface area contributed by atoms with E-state index in [0.717, 1.165) is 39.0 Å². The van der Waals surface area contributed by atoms with E-state index in [4.69, 9.17) is 4.74 Å². The maximum absolute atomic E-state index is 12.1. The Morgan fingerprint density at radius 1 is 1.30 bits per heavy atom. The van der Waals surface area contributed by atoms with Crippen LogP contribution in [0.1, 0.15) is 38.5 Å². The van der Waals surface area contributed by atoms with Gasteiger partial charge in [0.05, 0.1) is 12.6 Å². The van der Waals surface area contributed by atoms with Gasteiger partial charge in [0.1, 0.15) is 0 Å². The van der Waals surface area contributed by atoms with E-state index in [1.54, 1.807) is 0 Å². The van der Waals surface area contributed by atoms with Gasteiger partial charge in [-0.3, -0.25) is 9.69 Å². The number of amides is 1. The molecule has 5 nitrogen and oxygen atoms in total. The Morgan fingerprint density at radius 2 is 2.20 bits per heavy atom. The Bertz CT molecular complexity index is 293. The van der Waals surface area contributed by atoms with Gasteiger partial charge in [-0.25, -0.2) is 0 Å². The first-order valence-electron chi connectivity index (χ1n) is 8.06. The summed E-state index contributed by atoms with van der Waals surface area (Å²) in [6, 6.07) is 0.560. The lowest BCUT2D eigenvalue weighted by atomic mass is 9.99. The van der Waals surface area contributed by atoms with E-state index < -0.39 is 0 Å². The molecule has 0 aromatic rings. The number of nitrogens with zero attached hydrogens (tertiary/aromatic N) is 1. The summed E-state index contributed by atoms with van der Waals surface area (Å²) in [6.45, 7) is 4.15. The Morgan fingerprint density at radius 3 is 2.95 bits per heavy atom. The van der Waals surface area contributed by atoms with Crippen LogP contribution >= 0.6 is 0 Å². The van der Waals surface area contributed by atoms with E-state index in [1.807, 2.05) is 7.05 Å². The molecule has 2 N–H and O–H groups in total. The number of nitrogens with one attached hydrogen (secondary N) is 2.